The number of nitrogens with one attached hydrogen (secondary N) is 1. The van der Waals surface area contributed by atoms with E-state index in [1.54, 1.807) is 11.3 Å². The molecule has 2 rings (SSSR count). The normalized spacial score (nSPS) is 10.4. The van der Waals surface area contributed by atoms with Crippen LogP contribution < -0.4 is 5.32 Å². The first-order valence-corrected chi connectivity index (χ1v) is 6.59. The molecule has 0 aliphatic rings. The van der Waals surface area contributed by atoms with Crippen molar-refractivity contribution in [1.29, 1.82) is 0 Å². The molecule has 0 amide bonds. The number of benzene rings is 1. The quantitative estimate of drug-likeness (QED) is 0.851. The molecule has 3 heteroatoms. The lowest BCUT2D eigenvalue weighted by Gasteiger charge is -2.09. The van der Waals surface area contributed by atoms with Crippen LogP contribution in [0, 0.1) is 6.92 Å². The zero-order valence-electron chi connectivity index (χ0n) is 9.16. The van der Waals surface area contributed by atoms with Crippen LogP contribution in [0.1, 0.15) is 11.1 Å². The summed E-state index contributed by atoms with van der Waals surface area (Å²) in [6, 6.07) is 8.10. The summed E-state index contributed by atoms with van der Waals surface area (Å²) in [6.45, 7) is 3.03. The molecule has 0 bridgehead atoms. The molecule has 0 unspecified atom stereocenters. The van der Waals surface area contributed by atoms with Gasteiger partial charge in [-0.1, -0.05) is 17.7 Å². The Bertz CT molecular complexity index is 451. The van der Waals surface area contributed by atoms with Crippen molar-refractivity contribution in [2.45, 2.75) is 13.3 Å². The Balaban J connectivity index is 1.92. The molecule has 1 N–H and O–H groups in total. The van der Waals surface area contributed by atoms with E-state index in [-0.39, 0.29) is 0 Å². The molecule has 0 saturated carbocycles. The smallest absolute Gasteiger partial charge is 0.0426 e. The average Bonchev–Trinajstić information content (AvgIpc) is 2.76. The Kier molecular flexibility index (Phi) is 3.86. The topological polar surface area (TPSA) is 12.0 Å². The standard InChI is InChI=1S/C13H14ClNS/c1-10-2-3-12(14)8-13(10)15-6-4-11-5-7-16-9-11/h2-3,5,7-9,15H,4,6H2,1H3. The fourth-order valence-electron chi connectivity index (χ4n) is 1.56. The Morgan fingerprint density at radius 1 is 1.31 bits per heavy atom. The highest BCUT2D eigenvalue weighted by molar-refractivity contribution is 7.07. The van der Waals surface area contributed by atoms with E-state index < -0.39 is 0 Å². The van der Waals surface area contributed by atoms with Crippen LogP contribution in [0.3, 0.4) is 0 Å². The summed E-state index contributed by atoms with van der Waals surface area (Å²) in [5.74, 6) is 0. The predicted octanol–water partition coefficient (Wildman–Crippen LogP) is 4.36. The van der Waals surface area contributed by atoms with Crippen LogP contribution >= 0.6 is 22.9 Å². The van der Waals surface area contributed by atoms with Gasteiger partial charge in [-0.05, 0) is 53.4 Å². The van der Waals surface area contributed by atoms with E-state index in [4.69, 9.17) is 11.6 Å². The van der Waals surface area contributed by atoms with E-state index in [0.29, 0.717) is 0 Å². The lowest BCUT2D eigenvalue weighted by atomic mass is 10.2. The van der Waals surface area contributed by atoms with Gasteiger partial charge in [0.1, 0.15) is 0 Å². The highest BCUT2D eigenvalue weighted by Gasteiger charge is 1.99. The molecule has 0 spiro atoms. The number of thiophene rings is 1. The third-order valence-corrected chi connectivity index (χ3v) is 3.48. The number of anilines is 1. The largest absolute Gasteiger partial charge is 0.384 e. The average molecular weight is 252 g/mol. The van der Waals surface area contributed by atoms with Gasteiger partial charge in [-0.3, -0.25) is 0 Å². The third kappa shape index (κ3) is 3.00. The summed E-state index contributed by atoms with van der Waals surface area (Å²) in [4.78, 5) is 0. The zero-order valence-corrected chi connectivity index (χ0v) is 10.7. The van der Waals surface area contributed by atoms with Crippen molar-refractivity contribution in [2.75, 3.05) is 11.9 Å². The molecule has 16 heavy (non-hydrogen) atoms. The highest BCUT2D eigenvalue weighted by Crippen LogP contribution is 2.20. The van der Waals surface area contributed by atoms with E-state index in [1.165, 1.54) is 11.1 Å². The van der Waals surface area contributed by atoms with Gasteiger partial charge in [0, 0.05) is 17.3 Å². The highest BCUT2D eigenvalue weighted by atomic mass is 35.5. The van der Waals surface area contributed by atoms with E-state index in [0.717, 1.165) is 23.7 Å². The molecule has 1 heterocycles. The summed E-state index contributed by atoms with van der Waals surface area (Å²) in [5.41, 5.74) is 3.75. The minimum atomic E-state index is 0.781. The molecule has 0 aliphatic carbocycles. The first kappa shape index (κ1) is 11.5. The molecule has 0 aliphatic heterocycles. The van der Waals surface area contributed by atoms with Gasteiger partial charge in [0.05, 0.1) is 0 Å². The van der Waals surface area contributed by atoms with Crippen LogP contribution in [-0.2, 0) is 6.42 Å². The Morgan fingerprint density at radius 3 is 2.94 bits per heavy atom. The summed E-state index contributed by atoms with van der Waals surface area (Å²) in [6.07, 6.45) is 1.05. The predicted molar refractivity (Wildman–Crippen MR) is 72.7 cm³/mol. The van der Waals surface area contributed by atoms with E-state index >= 15 is 0 Å². The number of aryl methyl sites for hydroxylation is 1. The van der Waals surface area contributed by atoms with Crippen LogP contribution in [-0.4, -0.2) is 6.54 Å². The zero-order chi connectivity index (χ0) is 11.4. The maximum absolute atomic E-state index is 5.96. The van der Waals surface area contributed by atoms with Gasteiger partial charge in [0.25, 0.3) is 0 Å². The summed E-state index contributed by atoms with van der Waals surface area (Å²) in [5, 5.41) is 8.49. The van der Waals surface area contributed by atoms with Crippen LogP contribution in [0.15, 0.2) is 35.0 Å². The Hall–Kier alpha value is -0.990. The van der Waals surface area contributed by atoms with Gasteiger partial charge in [0.15, 0.2) is 0 Å². The van der Waals surface area contributed by atoms with Crippen molar-refractivity contribution in [3.8, 4) is 0 Å². The van der Waals surface area contributed by atoms with E-state index in [9.17, 15) is 0 Å². The first-order chi connectivity index (χ1) is 7.75. The van der Waals surface area contributed by atoms with Crippen LogP contribution in [0.4, 0.5) is 5.69 Å². The fourth-order valence-corrected chi connectivity index (χ4v) is 2.44. The second kappa shape index (κ2) is 5.37. The Morgan fingerprint density at radius 2 is 2.19 bits per heavy atom. The van der Waals surface area contributed by atoms with Crippen molar-refractivity contribution in [3.63, 3.8) is 0 Å². The minimum absolute atomic E-state index is 0.781. The van der Waals surface area contributed by atoms with Gasteiger partial charge in [0.2, 0.25) is 0 Å². The molecular formula is C13H14ClNS. The molecule has 1 aromatic heterocycles. The van der Waals surface area contributed by atoms with Gasteiger partial charge in [-0.25, -0.2) is 0 Å². The Labute approximate surface area is 105 Å². The van der Waals surface area contributed by atoms with E-state index in [2.05, 4.69) is 29.1 Å². The maximum Gasteiger partial charge on any atom is 0.0426 e. The molecule has 1 nitrogen and oxygen atoms in total. The van der Waals surface area contributed by atoms with E-state index in [1.807, 2.05) is 18.2 Å². The molecule has 0 atom stereocenters. The van der Waals surface area contributed by atoms with Crippen molar-refractivity contribution in [1.82, 2.24) is 0 Å². The van der Waals surface area contributed by atoms with Gasteiger partial charge in [-0.2, -0.15) is 11.3 Å². The van der Waals surface area contributed by atoms with Crippen molar-refractivity contribution < 1.29 is 0 Å². The number of hydrogen-bond donors (Lipinski definition) is 1. The third-order valence-electron chi connectivity index (χ3n) is 2.51. The fraction of sp³-hybridized carbons (Fsp3) is 0.231. The molecule has 0 saturated heterocycles. The minimum Gasteiger partial charge on any atom is -0.384 e. The SMILES string of the molecule is Cc1ccc(Cl)cc1NCCc1ccsc1. The lowest BCUT2D eigenvalue weighted by molar-refractivity contribution is 1.02. The second-order valence-electron chi connectivity index (χ2n) is 3.77. The van der Waals surface area contributed by atoms with Crippen LogP contribution in [0.5, 0.6) is 0 Å². The van der Waals surface area contributed by atoms with Crippen molar-refractivity contribution in [2.24, 2.45) is 0 Å². The molecular weight excluding hydrogens is 238 g/mol. The summed E-state index contributed by atoms with van der Waals surface area (Å²) in [7, 11) is 0. The van der Waals surface area contributed by atoms with Crippen molar-refractivity contribution in [3.05, 3.63) is 51.2 Å². The molecule has 0 radical (unpaired) electrons. The molecule has 1 aromatic carbocycles. The number of halogens is 1. The lowest BCUT2D eigenvalue weighted by Crippen LogP contribution is -2.05. The first-order valence-electron chi connectivity index (χ1n) is 5.27. The molecule has 84 valence electrons. The molecule has 2 aromatic rings. The summed E-state index contributed by atoms with van der Waals surface area (Å²) < 4.78 is 0. The maximum atomic E-state index is 5.96. The monoisotopic (exact) mass is 251 g/mol. The van der Waals surface area contributed by atoms with Crippen molar-refractivity contribution >= 4 is 28.6 Å². The number of rotatable bonds is 4. The van der Waals surface area contributed by atoms with Gasteiger partial charge in [-0.15, -0.1) is 0 Å². The summed E-state index contributed by atoms with van der Waals surface area (Å²) >= 11 is 7.70. The molecule has 0 fully saturated rings. The number of hydrogen-bond acceptors (Lipinski definition) is 2. The van der Waals surface area contributed by atoms with Crippen LogP contribution in [0.25, 0.3) is 0 Å². The van der Waals surface area contributed by atoms with Crippen LogP contribution in [0.2, 0.25) is 5.02 Å². The van der Waals surface area contributed by atoms with Gasteiger partial charge >= 0.3 is 0 Å². The van der Waals surface area contributed by atoms with Gasteiger partial charge < -0.3 is 5.32 Å². The second-order valence-corrected chi connectivity index (χ2v) is 4.98.